The van der Waals surface area contributed by atoms with Crippen LogP contribution < -0.4 is 16.4 Å². The minimum absolute atomic E-state index is 0.314. The highest BCUT2D eigenvalue weighted by Gasteiger charge is 2.13. The molecule has 3 aromatic rings. The van der Waals surface area contributed by atoms with E-state index in [-0.39, 0.29) is 5.91 Å². The molecule has 0 unspecified atom stereocenters. The van der Waals surface area contributed by atoms with E-state index in [9.17, 15) is 9.59 Å². The predicted molar refractivity (Wildman–Crippen MR) is 129 cm³/mol. The summed E-state index contributed by atoms with van der Waals surface area (Å²) in [6.45, 7) is 3.19. The molecular formula is C24H26N4O3S. The molecule has 1 fully saturated rings. The van der Waals surface area contributed by atoms with Crippen LogP contribution in [0.4, 0.5) is 21.9 Å². The molecule has 4 rings (SSSR count). The number of carbonyl (C=O) groups excluding carboxylic acids is 2. The quantitative estimate of drug-likeness (QED) is 0.445. The fourth-order valence-electron chi connectivity index (χ4n) is 3.62. The summed E-state index contributed by atoms with van der Waals surface area (Å²) in [7, 11) is 0. The maximum atomic E-state index is 12.8. The molecule has 1 saturated heterocycles. The Balaban J connectivity index is 1.36. The largest absolute Gasteiger partial charge is 0.448 e. The molecule has 0 spiro atoms. The van der Waals surface area contributed by atoms with Crippen LogP contribution in [-0.4, -0.2) is 43.1 Å². The van der Waals surface area contributed by atoms with Crippen LogP contribution in [0.25, 0.3) is 10.4 Å². The van der Waals surface area contributed by atoms with Gasteiger partial charge in [0.05, 0.1) is 11.4 Å². The van der Waals surface area contributed by atoms with Crippen molar-refractivity contribution in [2.45, 2.75) is 12.8 Å². The number of nitrogen functional groups attached to an aromatic ring is 1. The molecule has 1 aromatic heterocycles. The van der Waals surface area contributed by atoms with E-state index in [2.05, 4.69) is 15.5 Å². The Labute approximate surface area is 191 Å². The molecule has 0 aliphatic carbocycles. The maximum Gasteiger partial charge on any atom is 0.411 e. The van der Waals surface area contributed by atoms with E-state index in [0.29, 0.717) is 29.2 Å². The lowest BCUT2D eigenvalue weighted by molar-refractivity contribution is 0.102. The van der Waals surface area contributed by atoms with Crippen LogP contribution in [0.2, 0.25) is 0 Å². The first-order chi connectivity index (χ1) is 15.6. The van der Waals surface area contributed by atoms with Gasteiger partial charge in [-0.1, -0.05) is 18.2 Å². The summed E-state index contributed by atoms with van der Waals surface area (Å²) in [5.41, 5.74) is 8.97. The average molecular weight is 451 g/mol. The van der Waals surface area contributed by atoms with Crippen LogP contribution in [-0.2, 0) is 4.74 Å². The molecule has 32 heavy (non-hydrogen) atoms. The fraction of sp³-hybridized carbons (Fsp3) is 0.250. The lowest BCUT2D eigenvalue weighted by Crippen LogP contribution is -2.26. The molecule has 8 heteroatoms. The number of hydrogen-bond donors (Lipinski definition) is 3. The molecule has 2 aromatic carbocycles. The van der Waals surface area contributed by atoms with Crippen LogP contribution in [0.15, 0.2) is 60.0 Å². The van der Waals surface area contributed by atoms with Crippen LogP contribution in [0.5, 0.6) is 0 Å². The smallest absolute Gasteiger partial charge is 0.411 e. The van der Waals surface area contributed by atoms with Crippen molar-refractivity contribution >= 4 is 40.4 Å². The van der Waals surface area contributed by atoms with E-state index in [4.69, 9.17) is 10.5 Å². The molecule has 2 heterocycles. The van der Waals surface area contributed by atoms with Gasteiger partial charge in [0.25, 0.3) is 5.91 Å². The van der Waals surface area contributed by atoms with Gasteiger partial charge in [-0.25, -0.2) is 4.79 Å². The highest BCUT2D eigenvalue weighted by molar-refractivity contribution is 7.13. The third kappa shape index (κ3) is 5.66. The van der Waals surface area contributed by atoms with Crippen LogP contribution in [0, 0.1) is 0 Å². The first-order valence-corrected chi connectivity index (χ1v) is 11.5. The van der Waals surface area contributed by atoms with Gasteiger partial charge < -0.3 is 15.8 Å². The van der Waals surface area contributed by atoms with Gasteiger partial charge in [-0.2, -0.15) is 0 Å². The number of rotatable bonds is 7. The second kappa shape index (κ2) is 10.3. The highest BCUT2D eigenvalue weighted by atomic mass is 32.1. The molecule has 1 aliphatic rings. The van der Waals surface area contributed by atoms with E-state index < -0.39 is 6.09 Å². The van der Waals surface area contributed by atoms with Crippen molar-refractivity contribution in [3.63, 3.8) is 0 Å². The number of nitrogens with two attached hydrogens (primary N) is 1. The molecule has 2 amide bonds. The lowest BCUT2D eigenvalue weighted by Gasteiger charge is -2.14. The van der Waals surface area contributed by atoms with E-state index in [1.54, 1.807) is 41.7 Å². The number of anilines is 3. The zero-order valence-electron chi connectivity index (χ0n) is 17.7. The molecule has 0 radical (unpaired) electrons. The molecule has 0 saturated carbocycles. The summed E-state index contributed by atoms with van der Waals surface area (Å²) in [6, 6.07) is 16.3. The van der Waals surface area contributed by atoms with E-state index in [0.717, 1.165) is 30.1 Å². The normalized spacial score (nSPS) is 13.6. The number of nitrogens with zero attached hydrogens (tertiary/aromatic N) is 1. The van der Waals surface area contributed by atoms with Gasteiger partial charge in [-0.15, -0.1) is 11.3 Å². The number of likely N-dealkylation sites (tertiary alicyclic amines) is 1. The van der Waals surface area contributed by atoms with Crippen molar-refractivity contribution in [2.75, 3.05) is 42.6 Å². The van der Waals surface area contributed by atoms with Gasteiger partial charge in [0.15, 0.2) is 0 Å². The van der Waals surface area contributed by atoms with Gasteiger partial charge >= 0.3 is 6.09 Å². The number of hydrogen-bond acceptors (Lipinski definition) is 6. The molecule has 7 nitrogen and oxygen atoms in total. The summed E-state index contributed by atoms with van der Waals surface area (Å²) >= 11 is 1.62. The third-order valence-electron chi connectivity index (χ3n) is 5.32. The van der Waals surface area contributed by atoms with Gasteiger partial charge in [0, 0.05) is 22.7 Å². The van der Waals surface area contributed by atoms with Gasteiger partial charge in [0.2, 0.25) is 0 Å². The minimum atomic E-state index is -0.533. The second-order valence-corrected chi connectivity index (χ2v) is 8.57. The van der Waals surface area contributed by atoms with Crippen LogP contribution >= 0.6 is 11.3 Å². The number of nitrogens with one attached hydrogen (secondary N) is 2. The summed E-state index contributed by atoms with van der Waals surface area (Å²) in [4.78, 5) is 28.3. The average Bonchev–Trinajstić information content (AvgIpc) is 3.50. The minimum Gasteiger partial charge on any atom is -0.448 e. The van der Waals surface area contributed by atoms with Gasteiger partial charge in [-0.05, 0) is 73.3 Å². The monoisotopic (exact) mass is 450 g/mol. The molecule has 4 N–H and O–H groups in total. The summed E-state index contributed by atoms with van der Waals surface area (Å²) in [5, 5.41) is 7.55. The first-order valence-electron chi connectivity index (χ1n) is 10.6. The molecule has 0 atom stereocenters. The number of amides is 2. The first kappa shape index (κ1) is 21.9. The lowest BCUT2D eigenvalue weighted by atomic mass is 10.1. The van der Waals surface area contributed by atoms with Crippen molar-refractivity contribution in [1.82, 2.24) is 4.90 Å². The highest BCUT2D eigenvalue weighted by Crippen LogP contribution is 2.30. The zero-order valence-corrected chi connectivity index (χ0v) is 18.5. The Morgan fingerprint density at radius 3 is 2.66 bits per heavy atom. The van der Waals surface area contributed by atoms with Crippen molar-refractivity contribution in [1.29, 1.82) is 0 Å². The zero-order chi connectivity index (χ0) is 22.3. The van der Waals surface area contributed by atoms with Gasteiger partial charge in [-0.3, -0.25) is 15.0 Å². The fourth-order valence-corrected chi connectivity index (χ4v) is 4.34. The standard InChI is InChI=1S/C24H26N4O3S/c25-20-9-8-17(22-7-4-14-32-22)16-21(20)27-23(29)18-5-3-6-19(15-18)26-24(30)31-13-12-28-10-1-2-11-28/h3-9,14-16H,1-2,10-13,25H2,(H,26,30)(H,27,29). The van der Waals surface area contributed by atoms with Crippen LogP contribution in [0.1, 0.15) is 23.2 Å². The van der Waals surface area contributed by atoms with Crippen molar-refractivity contribution in [3.8, 4) is 10.4 Å². The maximum absolute atomic E-state index is 12.8. The van der Waals surface area contributed by atoms with Crippen molar-refractivity contribution in [3.05, 3.63) is 65.5 Å². The Hall–Kier alpha value is -3.36. The topological polar surface area (TPSA) is 96.7 Å². The predicted octanol–water partition coefficient (Wildman–Crippen LogP) is 4.89. The number of ether oxygens (including phenoxy) is 1. The Kier molecular flexibility index (Phi) is 7.03. The summed E-state index contributed by atoms with van der Waals surface area (Å²) in [6.07, 6.45) is 1.87. The van der Waals surface area contributed by atoms with Crippen molar-refractivity contribution in [2.24, 2.45) is 0 Å². The van der Waals surface area contributed by atoms with E-state index >= 15 is 0 Å². The Morgan fingerprint density at radius 2 is 1.88 bits per heavy atom. The Morgan fingerprint density at radius 1 is 1.03 bits per heavy atom. The summed E-state index contributed by atoms with van der Waals surface area (Å²) < 4.78 is 5.26. The van der Waals surface area contributed by atoms with E-state index in [1.165, 1.54) is 12.8 Å². The van der Waals surface area contributed by atoms with Crippen molar-refractivity contribution < 1.29 is 14.3 Å². The molecule has 1 aliphatic heterocycles. The van der Waals surface area contributed by atoms with E-state index in [1.807, 2.05) is 29.6 Å². The number of carbonyl (C=O) groups is 2. The SMILES string of the molecule is Nc1ccc(-c2cccs2)cc1NC(=O)c1cccc(NC(=O)OCCN2CCCC2)c1. The second-order valence-electron chi connectivity index (χ2n) is 7.62. The Bertz CT molecular complexity index is 1080. The molecule has 0 bridgehead atoms. The third-order valence-corrected chi connectivity index (χ3v) is 6.24. The van der Waals surface area contributed by atoms with Crippen LogP contribution in [0.3, 0.4) is 0 Å². The molecule has 166 valence electrons. The number of thiophene rings is 1. The molecular weight excluding hydrogens is 424 g/mol. The number of benzene rings is 2. The van der Waals surface area contributed by atoms with Gasteiger partial charge in [0.1, 0.15) is 6.61 Å². The summed E-state index contributed by atoms with van der Waals surface area (Å²) in [5.74, 6) is -0.314.